The van der Waals surface area contributed by atoms with Crippen molar-refractivity contribution >= 4 is 5.78 Å². The molecule has 2 unspecified atom stereocenters. The molecule has 3 aliphatic rings. The number of Topliss-reactive ketones (excluding diaryl/α,β-unsaturated/α-hetero) is 1. The molecule has 4 nitrogen and oxygen atoms in total. The van der Waals surface area contributed by atoms with Crippen molar-refractivity contribution in [3.63, 3.8) is 0 Å². The molecule has 0 saturated heterocycles. The summed E-state index contributed by atoms with van der Waals surface area (Å²) in [5, 5.41) is 30.8. The second-order valence-corrected chi connectivity index (χ2v) is 7.53. The molecule has 4 heteroatoms. The Morgan fingerprint density at radius 2 is 1.84 bits per heavy atom. The van der Waals surface area contributed by atoms with Crippen LogP contribution in [0.15, 0.2) is 11.8 Å². The number of hydrogen-bond acceptors (Lipinski definition) is 4. The van der Waals surface area contributed by atoms with Crippen LogP contribution in [0.4, 0.5) is 0 Å². The van der Waals surface area contributed by atoms with Crippen LogP contribution in [0.5, 0.6) is 0 Å². The molecule has 3 rings (SSSR count). The van der Waals surface area contributed by atoms with Gasteiger partial charge in [-0.2, -0.15) is 0 Å². The normalized spacial score (nSPS) is 51.7. The zero-order valence-corrected chi connectivity index (χ0v) is 11.6. The maximum Gasteiger partial charge on any atom is 0.200 e. The van der Waals surface area contributed by atoms with Crippen molar-refractivity contribution in [3.8, 4) is 0 Å². The number of carbonyl (C=O) groups is 1. The van der Waals surface area contributed by atoms with Crippen molar-refractivity contribution in [3.05, 3.63) is 11.8 Å². The Bertz CT molecular complexity index is 467. The highest BCUT2D eigenvalue weighted by Gasteiger charge is 2.62. The van der Waals surface area contributed by atoms with Crippen LogP contribution in [0.2, 0.25) is 0 Å². The third-order valence-electron chi connectivity index (χ3n) is 5.72. The van der Waals surface area contributed by atoms with E-state index in [4.69, 9.17) is 0 Å². The van der Waals surface area contributed by atoms with Crippen LogP contribution < -0.4 is 0 Å². The molecule has 0 spiro atoms. The fraction of sp³-hybridized carbons (Fsp3) is 0.800. The van der Waals surface area contributed by atoms with Gasteiger partial charge in [0.15, 0.2) is 11.5 Å². The van der Waals surface area contributed by atoms with Crippen molar-refractivity contribution in [2.75, 3.05) is 0 Å². The molecule has 2 bridgehead atoms. The number of fused-ring (bicyclic) bond motifs is 4. The zero-order chi connectivity index (χ0) is 14.2. The monoisotopic (exact) mass is 266 g/mol. The van der Waals surface area contributed by atoms with Crippen LogP contribution in [0, 0.1) is 28.6 Å². The Kier molecular flexibility index (Phi) is 2.50. The molecule has 0 amide bonds. The molecule has 3 aliphatic carbocycles. The summed E-state index contributed by atoms with van der Waals surface area (Å²) < 4.78 is 0. The Hall–Kier alpha value is -0.870. The van der Waals surface area contributed by atoms with E-state index in [-0.39, 0.29) is 34.7 Å². The lowest BCUT2D eigenvalue weighted by molar-refractivity contribution is -0.150. The van der Waals surface area contributed by atoms with Gasteiger partial charge in [-0.3, -0.25) is 4.79 Å². The van der Waals surface area contributed by atoms with E-state index in [1.165, 1.54) is 6.08 Å². The highest BCUT2D eigenvalue weighted by Crippen LogP contribution is 2.62. The number of carbonyl (C=O) groups excluding carboxylic acids is 1. The lowest BCUT2D eigenvalue weighted by atomic mass is 9.50. The topological polar surface area (TPSA) is 77.8 Å². The predicted molar refractivity (Wildman–Crippen MR) is 69.3 cm³/mol. The molecule has 0 aliphatic heterocycles. The van der Waals surface area contributed by atoms with Gasteiger partial charge in [-0.25, -0.2) is 0 Å². The molecular formula is C15H22O4. The summed E-state index contributed by atoms with van der Waals surface area (Å²) in [6.45, 7) is 5.95. The van der Waals surface area contributed by atoms with E-state index in [1.54, 1.807) is 0 Å². The highest BCUT2D eigenvalue weighted by atomic mass is 16.3. The SMILES string of the molecule is CC1(C)CC2C3C[C@](C)(C=C(O)C3=O)[C@H](O)[C@H](O)[C@H]21. The number of ketones is 1. The predicted octanol–water partition coefficient (Wildman–Crippen LogP) is 1.42. The summed E-state index contributed by atoms with van der Waals surface area (Å²) >= 11 is 0. The van der Waals surface area contributed by atoms with Gasteiger partial charge < -0.3 is 15.3 Å². The molecule has 0 aromatic heterocycles. The van der Waals surface area contributed by atoms with E-state index in [1.807, 2.05) is 6.92 Å². The van der Waals surface area contributed by atoms with Gasteiger partial charge in [0.2, 0.25) is 0 Å². The molecular weight excluding hydrogens is 244 g/mol. The maximum absolute atomic E-state index is 12.2. The van der Waals surface area contributed by atoms with Gasteiger partial charge in [0, 0.05) is 11.3 Å². The van der Waals surface area contributed by atoms with E-state index in [0.717, 1.165) is 6.42 Å². The first-order valence-electron chi connectivity index (χ1n) is 6.99. The molecule has 3 N–H and O–H groups in total. The lowest BCUT2D eigenvalue weighted by Gasteiger charge is -2.55. The summed E-state index contributed by atoms with van der Waals surface area (Å²) in [4.78, 5) is 12.2. The third kappa shape index (κ3) is 1.56. The van der Waals surface area contributed by atoms with Crippen LogP contribution in [0.1, 0.15) is 33.6 Å². The minimum absolute atomic E-state index is 0.0607. The largest absolute Gasteiger partial charge is 0.505 e. The molecule has 2 fully saturated rings. The van der Waals surface area contributed by atoms with Gasteiger partial charge in [-0.15, -0.1) is 0 Å². The molecule has 0 heterocycles. The van der Waals surface area contributed by atoms with Crippen molar-refractivity contribution in [1.82, 2.24) is 0 Å². The molecule has 2 saturated carbocycles. The van der Waals surface area contributed by atoms with E-state index in [2.05, 4.69) is 13.8 Å². The van der Waals surface area contributed by atoms with Crippen LogP contribution in [0.3, 0.4) is 0 Å². The Balaban J connectivity index is 2.09. The van der Waals surface area contributed by atoms with Gasteiger partial charge in [-0.05, 0) is 36.2 Å². The van der Waals surface area contributed by atoms with Gasteiger partial charge in [-0.1, -0.05) is 20.8 Å². The quantitative estimate of drug-likeness (QED) is 0.619. The van der Waals surface area contributed by atoms with Gasteiger partial charge in [0.25, 0.3) is 0 Å². The summed E-state index contributed by atoms with van der Waals surface area (Å²) in [6.07, 6.45) is 1.06. The minimum Gasteiger partial charge on any atom is -0.505 e. The lowest BCUT2D eigenvalue weighted by Crippen LogP contribution is -2.55. The first-order chi connectivity index (χ1) is 8.67. The van der Waals surface area contributed by atoms with Gasteiger partial charge in [0.1, 0.15) is 0 Å². The average Bonchev–Trinajstić information content (AvgIpc) is 2.34. The molecule has 19 heavy (non-hydrogen) atoms. The smallest absolute Gasteiger partial charge is 0.200 e. The molecule has 0 aromatic rings. The number of rotatable bonds is 0. The van der Waals surface area contributed by atoms with Crippen LogP contribution in [-0.4, -0.2) is 33.3 Å². The van der Waals surface area contributed by atoms with Gasteiger partial charge >= 0.3 is 0 Å². The van der Waals surface area contributed by atoms with Gasteiger partial charge in [0.05, 0.1) is 12.2 Å². The summed E-state index contributed by atoms with van der Waals surface area (Å²) in [7, 11) is 0. The van der Waals surface area contributed by atoms with Crippen LogP contribution >= 0.6 is 0 Å². The van der Waals surface area contributed by atoms with Crippen LogP contribution in [-0.2, 0) is 4.79 Å². The first-order valence-corrected chi connectivity index (χ1v) is 6.99. The molecule has 0 aromatic carbocycles. The second kappa shape index (κ2) is 3.61. The van der Waals surface area contributed by atoms with Crippen LogP contribution in [0.25, 0.3) is 0 Å². The summed E-state index contributed by atoms with van der Waals surface area (Å²) in [6, 6.07) is 0. The Morgan fingerprint density at radius 3 is 2.42 bits per heavy atom. The van der Waals surface area contributed by atoms with E-state index < -0.39 is 17.6 Å². The Morgan fingerprint density at radius 1 is 1.21 bits per heavy atom. The number of aliphatic hydroxyl groups excluding tert-OH is 3. The number of hydrogen-bond donors (Lipinski definition) is 3. The van der Waals surface area contributed by atoms with Crippen molar-refractivity contribution < 1.29 is 20.1 Å². The standard InChI is InChI=1S/C15H22O4/c1-14(2)4-7-8-5-15(3,6-9(16)11(8)17)13(19)12(18)10(7)14/h6-8,10,12-13,16,18-19H,4-5H2,1-3H3/t7?,8?,10-,12+,13+,15+/m0/s1. The maximum atomic E-state index is 12.2. The fourth-order valence-corrected chi connectivity index (χ4v) is 4.73. The fourth-order valence-electron chi connectivity index (χ4n) is 4.73. The number of allylic oxidation sites excluding steroid dienone is 1. The molecule has 6 atom stereocenters. The zero-order valence-electron chi connectivity index (χ0n) is 11.6. The molecule has 106 valence electrons. The summed E-state index contributed by atoms with van der Waals surface area (Å²) in [5.41, 5.74) is -0.774. The minimum atomic E-state index is -0.931. The van der Waals surface area contributed by atoms with Crippen molar-refractivity contribution in [1.29, 1.82) is 0 Å². The Labute approximate surface area is 113 Å². The third-order valence-corrected chi connectivity index (χ3v) is 5.72. The first kappa shape index (κ1) is 13.1. The van der Waals surface area contributed by atoms with E-state index in [0.29, 0.717) is 6.42 Å². The number of aliphatic hydroxyl groups is 3. The summed E-state index contributed by atoms with van der Waals surface area (Å²) in [5.74, 6) is -0.721. The van der Waals surface area contributed by atoms with E-state index >= 15 is 0 Å². The second-order valence-electron chi connectivity index (χ2n) is 7.53. The average molecular weight is 266 g/mol. The van der Waals surface area contributed by atoms with Crippen molar-refractivity contribution in [2.24, 2.45) is 28.6 Å². The van der Waals surface area contributed by atoms with Crippen molar-refractivity contribution in [2.45, 2.75) is 45.8 Å². The molecule has 0 radical (unpaired) electrons. The van der Waals surface area contributed by atoms with E-state index in [9.17, 15) is 20.1 Å². The highest BCUT2D eigenvalue weighted by molar-refractivity contribution is 5.96.